The van der Waals surface area contributed by atoms with Crippen molar-refractivity contribution in [2.24, 2.45) is 0 Å². The molecule has 4 nitrogen and oxygen atoms in total. The van der Waals surface area contributed by atoms with Crippen LogP contribution >= 0.6 is 0 Å². The van der Waals surface area contributed by atoms with Gasteiger partial charge in [0.1, 0.15) is 5.82 Å². The van der Waals surface area contributed by atoms with Gasteiger partial charge in [0.05, 0.1) is 0 Å². The number of pyridine rings is 1. The molecule has 18 heavy (non-hydrogen) atoms. The molecule has 2 rings (SSSR count). The highest BCUT2D eigenvalue weighted by atomic mass is 19.1. The second kappa shape index (κ2) is 6.11. The van der Waals surface area contributed by atoms with Gasteiger partial charge in [-0.1, -0.05) is 6.07 Å². The van der Waals surface area contributed by atoms with Crippen LogP contribution in [0.3, 0.4) is 0 Å². The van der Waals surface area contributed by atoms with E-state index in [-0.39, 0.29) is 0 Å². The lowest BCUT2D eigenvalue weighted by molar-refractivity contribution is 0.123. The number of likely N-dealkylation sites (N-methyl/N-ethyl adjacent to an activating group) is 1. The molecule has 0 aromatic carbocycles. The number of halogens is 1. The predicted octanol–water partition coefficient (Wildman–Crippen LogP) is 1.27. The van der Waals surface area contributed by atoms with Crippen molar-refractivity contribution in [2.45, 2.75) is 13.0 Å². The largest absolute Gasteiger partial charge is 0.368 e. The number of nitrogens with one attached hydrogen (secondary N) is 1. The Bertz CT molecular complexity index is 377. The molecule has 5 heteroatoms. The number of anilines is 1. The molecule has 1 aromatic heterocycles. The summed E-state index contributed by atoms with van der Waals surface area (Å²) in [6.45, 7) is 7.40. The van der Waals surface area contributed by atoms with Gasteiger partial charge in [0.2, 0.25) is 5.95 Å². The summed E-state index contributed by atoms with van der Waals surface area (Å²) in [5.41, 5.74) is 0. The van der Waals surface area contributed by atoms with E-state index in [0.29, 0.717) is 11.9 Å². The van der Waals surface area contributed by atoms with Gasteiger partial charge in [-0.15, -0.1) is 0 Å². The summed E-state index contributed by atoms with van der Waals surface area (Å²) >= 11 is 0. The first-order chi connectivity index (χ1) is 8.65. The molecule has 0 amide bonds. The van der Waals surface area contributed by atoms with Gasteiger partial charge in [-0.3, -0.25) is 4.90 Å². The number of aromatic nitrogens is 1. The molecular formula is C13H21FN4. The topological polar surface area (TPSA) is 31.4 Å². The van der Waals surface area contributed by atoms with Crippen LogP contribution in [0.1, 0.15) is 6.92 Å². The minimum atomic E-state index is -0.438. The maximum atomic E-state index is 12.9. The van der Waals surface area contributed by atoms with E-state index in [2.05, 4.69) is 34.1 Å². The lowest BCUT2D eigenvalue weighted by Crippen LogP contribution is -2.49. The van der Waals surface area contributed by atoms with Crippen LogP contribution < -0.4 is 5.32 Å². The Balaban J connectivity index is 1.79. The zero-order valence-electron chi connectivity index (χ0n) is 11.1. The molecule has 1 atom stereocenters. The fraction of sp³-hybridized carbons (Fsp3) is 0.615. The smallest absolute Gasteiger partial charge is 0.214 e. The maximum Gasteiger partial charge on any atom is 0.214 e. The van der Waals surface area contributed by atoms with Gasteiger partial charge in [0.15, 0.2) is 0 Å². The molecule has 0 radical (unpaired) electrons. The van der Waals surface area contributed by atoms with Gasteiger partial charge in [-0.05, 0) is 26.1 Å². The molecule has 1 aliphatic heterocycles. The summed E-state index contributed by atoms with van der Waals surface area (Å²) in [5.74, 6) is 0.170. The van der Waals surface area contributed by atoms with Crippen molar-refractivity contribution >= 4 is 5.82 Å². The van der Waals surface area contributed by atoms with Crippen LogP contribution in [0, 0.1) is 5.95 Å². The van der Waals surface area contributed by atoms with Crippen molar-refractivity contribution in [2.75, 3.05) is 45.1 Å². The van der Waals surface area contributed by atoms with Crippen LogP contribution in [0.2, 0.25) is 0 Å². The van der Waals surface area contributed by atoms with Crippen LogP contribution in [-0.2, 0) is 0 Å². The molecule has 0 aliphatic carbocycles. The Labute approximate surface area is 108 Å². The standard InChI is InChI=1S/C13H21FN4/c1-11(18-8-6-17(2)7-9-18)10-15-13-5-3-4-12(14)16-13/h3-5,11H,6-10H2,1-2H3,(H,15,16). The van der Waals surface area contributed by atoms with Crippen molar-refractivity contribution in [3.05, 3.63) is 24.1 Å². The Kier molecular flexibility index (Phi) is 4.49. The highest BCUT2D eigenvalue weighted by Gasteiger charge is 2.18. The first kappa shape index (κ1) is 13.2. The SMILES string of the molecule is CC(CNc1cccc(F)n1)N1CCN(C)CC1. The van der Waals surface area contributed by atoms with Crippen LogP contribution in [0.4, 0.5) is 10.2 Å². The summed E-state index contributed by atoms with van der Waals surface area (Å²) in [5, 5.41) is 3.19. The first-order valence-electron chi connectivity index (χ1n) is 6.44. The number of nitrogens with zero attached hydrogens (tertiary/aromatic N) is 3. The van der Waals surface area contributed by atoms with E-state index in [9.17, 15) is 4.39 Å². The predicted molar refractivity (Wildman–Crippen MR) is 71.2 cm³/mol. The van der Waals surface area contributed by atoms with Crippen LogP contribution in [0.5, 0.6) is 0 Å². The molecular weight excluding hydrogens is 231 g/mol. The Hall–Kier alpha value is -1.20. The fourth-order valence-electron chi connectivity index (χ4n) is 2.15. The molecule has 1 fully saturated rings. The third-order valence-electron chi connectivity index (χ3n) is 3.45. The molecule has 1 N–H and O–H groups in total. The third-order valence-corrected chi connectivity index (χ3v) is 3.45. The summed E-state index contributed by atoms with van der Waals surface area (Å²) in [4.78, 5) is 8.59. The molecule has 1 aliphatic rings. The van der Waals surface area contributed by atoms with Crippen LogP contribution in [-0.4, -0.2) is 60.6 Å². The van der Waals surface area contributed by atoms with Gasteiger partial charge in [0, 0.05) is 38.8 Å². The molecule has 1 aromatic rings. The van der Waals surface area contributed by atoms with Crippen molar-refractivity contribution in [3.8, 4) is 0 Å². The van der Waals surface area contributed by atoms with E-state index < -0.39 is 5.95 Å². The lowest BCUT2D eigenvalue weighted by atomic mass is 10.2. The number of piperazine rings is 1. The fourth-order valence-corrected chi connectivity index (χ4v) is 2.15. The highest BCUT2D eigenvalue weighted by Crippen LogP contribution is 2.07. The summed E-state index contributed by atoms with van der Waals surface area (Å²) in [6.07, 6.45) is 0. The van der Waals surface area contributed by atoms with E-state index in [1.807, 2.05) is 0 Å². The number of hydrogen-bond donors (Lipinski definition) is 1. The second-order valence-electron chi connectivity index (χ2n) is 4.91. The summed E-state index contributed by atoms with van der Waals surface area (Å²) in [7, 11) is 2.15. The minimum Gasteiger partial charge on any atom is -0.368 e. The van der Waals surface area contributed by atoms with Crippen LogP contribution in [0.15, 0.2) is 18.2 Å². The van der Waals surface area contributed by atoms with Gasteiger partial charge >= 0.3 is 0 Å². The second-order valence-corrected chi connectivity index (χ2v) is 4.91. The first-order valence-corrected chi connectivity index (χ1v) is 6.44. The van der Waals surface area contributed by atoms with Crippen molar-refractivity contribution in [1.29, 1.82) is 0 Å². The highest BCUT2D eigenvalue weighted by molar-refractivity contribution is 5.33. The van der Waals surface area contributed by atoms with Gasteiger partial charge in [-0.2, -0.15) is 4.39 Å². The third kappa shape index (κ3) is 3.65. The Morgan fingerprint density at radius 2 is 2.06 bits per heavy atom. The average Bonchev–Trinajstić information content (AvgIpc) is 2.37. The van der Waals surface area contributed by atoms with E-state index >= 15 is 0 Å². The summed E-state index contributed by atoms with van der Waals surface area (Å²) < 4.78 is 12.9. The molecule has 100 valence electrons. The number of rotatable bonds is 4. The van der Waals surface area contributed by atoms with Gasteiger partial charge < -0.3 is 10.2 Å². The molecule has 1 unspecified atom stereocenters. The molecule has 2 heterocycles. The van der Waals surface area contributed by atoms with Crippen molar-refractivity contribution < 1.29 is 4.39 Å². The van der Waals surface area contributed by atoms with Crippen molar-refractivity contribution in [1.82, 2.24) is 14.8 Å². The average molecular weight is 252 g/mol. The van der Waals surface area contributed by atoms with Crippen molar-refractivity contribution in [3.63, 3.8) is 0 Å². The van der Waals surface area contributed by atoms with Crippen LogP contribution in [0.25, 0.3) is 0 Å². The Morgan fingerprint density at radius 1 is 1.33 bits per heavy atom. The molecule has 1 saturated heterocycles. The quantitative estimate of drug-likeness (QED) is 0.818. The normalized spacial score (nSPS) is 19.7. The zero-order chi connectivity index (χ0) is 13.0. The minimum absolute atomic E-state index is 0.434. The lowest BCUT2D eigenvalue weighted by Gasteiger charge is -2.36. The van der Waals surface area contributed by atoms with Gasteiger partial charge in [-0.25, -0.2) is 4.98 Å². The zero-order valence-corrected chi connectivity index (χ0v) is 11.1. The summed E-state index contributed by atoms with van der Waals surface area (Å²) in [6, 6.07) is 5.25. The van der Waals surface area contributed by atoms with E-state index in [0.717, 1.165) is 32.7 Å². The van der Waals surface area contributed by atoms with E-state index in [4.69, 9.17) is 0 Å². The molecule has 0 bridgehead atoms. The van der Waals surface area contributed by atoms with E-state index in [1.54, 1.807) is 12.1 Å². The maximum absolute atomic E-state index is 12.9. The molecule has 0 spiro atoms. The monoisotopic (exact) mass is 252 g/mol. The van der Waals surface area contributed by atoms with E-state index in [1.165, 1.54) is 6.07 Å². The Morgan fingerprint density at radius 3 is 2.72 bits per heavy atom. The molecule has 0 saturated carbocycles. The van der Waals surface area contributed by atoms with Gasteiger partial charge in [0.25, 0.3) is 0 Å². The number of hydrogen-bond acceptors (Lipinski definition) is 4.